The van der Waals surface area contributed by atoms with Gasteiger partial charge >= 0.3 is 5.97 Å². The maximum absolute atomic E-state index is 11.8. The van der Waals surface area contributed by atoms with E-state index in [0.717, 1.165) is 4.47 Å². The molecule has 0 heterocycles. The Balaban J connectivity index is 1.67. The molecule has 118 valence electrons. The van der Waals surface area contributed by atoms with E-state index in [-0.39, 0.29) is 31.3 Å². The summed E-state index contributed by atoms with van der Waals surface area (Å²) < 4.78 is 0.885. The fraction of sp³-hybridized carbons (Fsp3) is 0.400. The zero-order chi connectivity index (χ0) is 16.2. The summed E-state index contributed by atoms with van der Waals surface area (Å²) in [5.41, 5.74) is -0.248. The monoisotopic (exact) mass is 368 g/mol. The number of amides is 2. The van der Waals surface area contributed by atoms with Crippen molar-refractivity contribution < 1.29 is 19.5 Å². The summed E-state index contributed by atoms with van der Waals surface area (Å²) in [5.74, 6) is -1.37. The van der Waals surface area contributed by atoms with Gasteiger partial charge in [0.05, 0.1) is 5.41 Å². The summed E-state index contributed by atoms with van der Waals surface area (Å²) in [4.78, 5) is 34.4. The van der Waals surface area contributed by atoms with Crippen molar-refractivity contribution in [3.63, 3.8) is 0 Å². The molecule has 0 aliphatic heterocycles. The van der Waals surface area contributed by atoms with E-state index in [0.29, 0.717) is 18.4 Å². The molecular weight excluding hydrogens is 352 g/mol. The molecule has 0 atom stereocenters. The Kier molecular flexibility index (Phi) is 5.18. The first-order valence-electron chi connectivity index (χ1n) is 6.97. The number of hydrogen-bond donors (Lipinski definition) is 3. The largest absolute Gasteiger partial charge is 0.481 e. The predicted molar refractivity (Wildman–Crippen MR) is 83.4 cm³/mol. The lowest BCUT2D eigenvalue weighted by atomic mass is 10.1. The highest BCUT2D eigenvalue weighted by Crippen LogP contribution is 2.45. The summed E-state index contributed by atoms with van der Waals surface area (Å²) in [7, 11) is 0. The predicted octanol–water partition coefficient (Wildman–Crippen LogP) is 1.55. The second kappa shape index (κ2) is 6.91. The molecule has 6 nitrogen and oxygen atoms in total. The first kappa shape index (κ1) is 16.5. The first-order chi connectivity index (χ1) is 10.4. The average molecular weight is 369 g/mol. The van der Waals surface area contributed by atoms with Gasteiger partial charge in [-0.05, 0) is 37.1 Å². The summed E-state index contributed by atoms with van der Waals surface area (Å²) in [5, 5.41) is 14.3. The third kappa shape index (κ3) is 4.30. The SMILES string of the molecule is O=C(CCNC(=O)c1ccc(Br)cc1)NCC1(C(=O)O)CC1. The summed E-state index contributed by atoms with van der Waals surface area (Å²) in [6.45, 7) is 0.364. The number of benzene rings is 1. The van der Waals surface area contributed by atoms with E-state index in [4.69, 9.17) is 5.11 Å². The van der Waals surface area contributed by atoms with Crippen LogP contribution in [0.25, 0.3) is 0 Å². The number of nitrogens with one attached hydrogen (secondary N) is 2. The molecule has 0 aromatic heterocycles. The maximum atomic E-state index is 11.8. The quantitative estimate of drug-likeness (QED) is 0.680. The van der Waals surface area contributed by atoms with Crippen molar-refractivity contribution in [2.45, 2.75) is 19.3 Å². The third-order valence-electron chi connectivity index (χ3n) is 3.68. The molecule has 1 aliphatic carbocycles. The maximum Gasteiger partial charge on any atom is 0.311 e. The number of carboxylic acid groups (broad SMARTS) is 1. The van der Waals surface area contributed by atoms with Gasteiger partial charge in [0.25, 0.3) is 5.91 Å². The number of rotatable bonds is 7. The van der Waals surface area contributed by atoms with Gasteiger partial charge in [0, 0.05) is 29.5 Å². The smallest absolute Gasteiger partial charge is 0.311 e. The van der Waals surface area contributed by atoms with Crippen LogP contribution in [0.15, 0.2) is 28.7 Å². The topological polar surface area (TPSA) is 95.5 Å². The van der Waals surface area contributed by atoms with Crippen LogP contribution in [-0.2, 0) is 9.59 Å². The molecule has 1 aromatic rings. The van der Waals surface area contributed by atoms with Crippen molar-refractivity contribution in [3.05, 3.63) is 34.3 Å². The van der Waals surface area contributed by atoms with E-state index in [1.165, 1.54) is 0 Å². The van der Waals surface area contributed by atoms with Crippen LogP contribution in [0.2, 0.25) is 0 Å². The minimum Gasteiger partial charge on any atom is -0.481 e. The van der Waals surface area contributed by atoms with Gasteiger partial charge in [0.15, 0.2) is 0 Å². The van der Waals surface area contributed by atoms with Gasteiger partial charge in [-0.15, -0.1) is 0 Å². The van der Waals surface area contributed by atoms with Crippen LogP contribution in [0.1, 0.15) is 29.6 Å². The number of aliphatic carboxylic acids is 1. The minimum absolute atomic E-state index is 0.123. The van der Waals surface area contributed by atoms with E-state index in [9.17, 15) is 14.4 Å². The number of carbonyl (C=O) groups excluding carboxylic acids is 2. The van der Waals surface area contributed by atoms with Crippen molar-refractivity contribution in [2.24, 2.45) is 5.41 Å². The Morgan fingerprint density at radius 1 is 1.14 bits per heavy atom. The van der Waals surface area contributed by atoms with Crippen LogP contribution in [0.3, 0.4) is 0 Å². The standard InChI is InChI=1S/C15H17BrN2O4/c16-11-3-1-10(2-4-11)13(20)17-8-5-12(19)18-9-15(6-7-15)14(21)22/h1-4H,5-9H2,(H,17,20)(H,18,19)(H,21,22). The van der Waals surface area contributed by atoms with Gasteiger partial charge in [-0.2, -0.15) is 0 Å². The van der Waals surface area contributed by atoms with E-state index >= 15 is 0 Å². The summed E-state index contributed by atoms with van der Waals surface area (Å²) in [6, 6.07) is 6.90. The van der Waals surface area contributed by atoms with Crippen molar-refractivity contribution in [2.75, 3.05) is 13.1 Å². The molecule has 2 amide bonds. The lowest BCUT2D eigenvalue weighted by molar-refractivity contribution is -0.143. The lowest BCUT2D eigenvalue weighted by Crippen LogP contribution is -2.36. The van der Waals surface area contributed by atoms with E-state index in [1.54, 1.807) is 24.3 Å². The van der Waals surface area contributed by atoms with Gasteiger partial charge in [0.1, 0.15) is 0 Å². The van der Waals surface area contributed by atoms with Crippen molar-refractivity contribution in [3.8, 4) is 0 Å². The second-order valence-corrected chi connectivity index (χ2v) is 6.29. The molecule has 1 fully saturated rings. The van der Waals surface area contributed by atoms with Crippen LogP contribution in [0, 0.1) is 5.41 Å². The number of carboxylic acids is 1. The van der Waals surface area contributed by atoms with Crippen LogP contribution in [0.5, 0.6) is 0 Å². The fourth-order valence-electron chi connectivity index (χ4n) is 1.97. The number of hydrogen-bond acceptors (Lipinski definition) is 3. The fourth-order valence-corrected chi connectivity index (χ4v) is 2.23. The molecule has 0 bridgehead atoms. The zero-order valence-electron chi connectivity index (χ0n) is 11.9. The highest BCUT2D eigenvalue weighted by Gasteiger charge is 2.50. The molecule has 1 aromatic carbocycles. The molecule has 0 unspecified atom stereocenters. The zero-order valence-corrected chi connectivity index (χ0v) is 13.5. The van der Waals surface area contributed by atoms with Crippen molar-refractivity contribution in [1.82, 2.24) is 10.6 Å². The summed E-state index contributed by atoms with van der Waals surface area (Å²) >= 11 is 3.29. The van der Waals surface area contributed by atoms with Crippen LogP contribution in [-0.4, -0.2) is 36.0 Å². The van der Waals surface area contributed by atoms with Gasteiger partial charge < -0.3 is 15.7 Å². The average Bonchev–Trinajstić information content (AvgIpc) is 3.27. The molecule has 0 saturated heterocycles. The molecule has 22 heavy (non-hydrogen) atoms. The minimum atomic E-state index is -0.864. The lowest BCUT2D eigenvalue weighted by Gasteiger charge is -2.11. The third-order valence-corrected chi connectivity index (χ3v) is 4.20. The van der Waals surface area contributed by atoms with Crippen molar-refractivity contribution in [1.29, 1.82) is 0 Å². The van der Waals surface area contributed by atoms with Gasteiger partial charge in [-0.25, -0.2) is 0 Å². The van der Waals surface area contributed by atoms with Crippen LogP contribution >= 0.6 is 15.9 Å². The Morgan fingerprint density at radius 3 is 2.32 bits per heavy atom. The summed E-state index contributed by atoms with van der Waals surface area (Å²) in [6.07, 6.45) is 1.32. The Labute approximate surface area is 136 Å². The van der Waals surface area contributed by atoms with Gasteiger partial charge in [-0.1, -0.05) is 15.9 Å². The Hall–Kier alpha value is -1.89. The van der Waals surface area contributed by atoms with Crippen LogP contribution < -0.4 is 10.6 Å². The number of halogens is 1. The normalized spacial score (nSPS) is 15.0. The van der Waals surface area contributed by atoms with E-state index in [2.05, 4.69) is 26.6 Å². The van der Waals surface area contributed by atoms with Crippen molar-refractivity contribution >= 4 is 33.7 Å². The van der Waals surface area contributed by atoms with E-state index in [1.807, 2.05) is 0 Å². The molecule has 1 aliphatic rings. The van der Waals surface area contributed by atoms with Crippen LogP contribution in [0.4, 0.5) is 0 Å². The molecule has 7 heteroatoms. The van der Waals surface area contributed by atoms with Gasteiger partial charge in [0.2, 0.25) is 5.91 Å². The highest BCUT2D eigenvalue weighted by molar-refractivity contribution is 9.10. The molecule has 1 saturated carbocycles. The Bertz CT molecular complexity index is 582. The second-order valence-electron chi connectivity index (χ2n) is 5.38. The highest BCUT2D eigenvalue weighted by atomic mass is 79.9. The molecule has 3 N–H and O–H groups in total. The molecule has 0 spiro atoms. The molecule has 0 radical (unpaired) electrons. The Morgan fingerprint density at radius 2 is 1.77 bits per heavy atom. The van der Waals surface area contributed by atoms with E-state index < -0.39 is 11.4 Å². The first-order valence-corrected chi connectivity index (χ1v) is 7.76. The molecule has 2 rings (SSSR count). The van der Waals surface area contributed by atoms with Gasteiger partial charge in [-0.3, -0.25) is 14.4 Å². The number of carbonyl (C=O) groups is 3. The molecular formula is C15H17BrN2O4.